The molecule has 1 aliphatic carbocycles. The van der Waals surface area contributed by atoms with Gasteiger partial charge in [-0.25, -0.2) is 8.78 Å². The molecule has 0 unspecified atom stereocenters. The Bertz CT molecular complexity index is 402. The maximum atomic E-state index is 13.2. The average Bonchev–Trinajstić information content (AvgIpc) is 2.77. The van der Waals surface area contributed by atoms with E-state index in [1.165, 1.54) is 0 Å². The smallest absolute Gasteiger partial charge is 0.166 e. The van der Waals surface area contributed by atoms with Gasteiger partial charge in [0.1, 0.15) is 16.7 Å². The Morgan fingerprint density at radius 1 is 1.19 bits per heavy atom. The van der Waals surface area contributed by atoms with E-state index in [2.05, 4.69) is 0 Å². The molecule has 1 aromatic rings. The van der Waals surface area contributed by atoms with Crippen LogP contribution in [0.2, 0.25) is 5.02 Å². The monoisotopic (exact) mass is 244 g/mol. The molecule has 2 rings (SSSR count). The van der Waals surface area contributed by atoms with Gasteiger partial charge >= 0.3 is 0 Å². The Balaban J connectivity index is 2.29. The second-order valence-corrected chi connectivity index (χ2v) is 4.48. The number of hydrogen-bond donors (Lipinski definition) is 0. The Hall–Kier alpha value is -0.960. The first-order valence-electron chi connectivity index (χ1n) is 5.28. The van der Waals surface area contributed by atoms with E-state index in [1.807, 2.05) is 0 Å². The second kappa shape index (κ2) is 4.50. The number of benzene rings is 1. The molecule has 16 heavy (non-hydrogen) atoms. The molecule has 0 aliphatic heterocycles. The molecule has 0 saturated heterocycles. The molecule has 0 heterocycles. The van der Waals surface area contributed by atoms with Crippen molar-refractivity contribution in [3.05, 3.63) is 34.4 Å². The van der Waals surface area contributed by atoms with Gasteiger partial charge in [-0.3, -0.25) is 4.79 Å². The number of hydrogen-bond acceptors (Lipinski definition) is 1. The highest BCUT2D eigenvalue weighted by Gasteiger charge is 2.25. The lowest BCUT2D eigenvalue weighted by atomic mass is 9.96. The van der Waals surface area contributed by atoms with Crippen molar-refractivity contribution in [2.45, 2.75) is 25.7 Å². The molecule has 0 radical (unpaired) electrons. The van der Waals surface area contributed by atoms with Gasteiger partial charge in [0.2, 0.25) is 0 Å². The van der Waals surface area contributed by atoms with Gasteiger partial charge in [-0.1, -0.05) is 24.4 Å². The van der Waals surface area contributed by atoms with Crippen LogP contribution in [0.5, 0.6) is 0 Å². The fraction of sp³-hybridized carbons (Fsp3) is 0.417. The minimum absolute atomic E-state index is 0.0834. The zero-order valence-corrected chi connectivity index (χ0v) is 9.36. The van der Waals surface area contributed by atoms with E-state index in [4.69, 9.17) is 11.6 Å². The molecular formula is C12H11ClF2O. The molecule has 0 bridgehead atoms. The first kappa shape index (κ1) is 11.5. The lowest BCUT2D eigenvalue weighted by Gasteiger charge is -2.08. The number of halogens is 3. The summed E-state index contributed by atoms with van der Waals surface area (Å²) in [7, 11) is 0. The summed E-state index contributed by atoms with van der Waals surface area (Å²) < 4.78 is 26.3. The van der Waals surface area contributed by atoms with Gasteiger partial charge in [0.25, 0.3) is 0 Å². The summed E-state index contributed by atoms with van der Waals surface area (Å²) in [6, 6.07) is 2.04. The molecule has 1 fully saturated rings. The topological polar surface area (TPSA) is 17.1 Å². The molecule has 0 N–H and O–H groups in total. The summed E-state index contributed by atoms with van der Waals surface area (Å²) in [5, 5.41) is -0.553. The van der Waals surface area contributed by atoms with E-state index in [-0.39, 0.29) is 17.3 Å². The molecule has 1 aromatic carbocycles. The van der Waals surface area contributed by atoms with E-state index in [0.717, 1.165) is 37.8 Å². The van der Waals surface area contributed by atoms with E-state index in [9.17, 15) is 13.6 Å². The standard InChI is InChI=1S/C12H11ClF2O/c13-11-9(14)5-8(6-10(11)15)12(16)7-3-1-2-4-7/h5-7H,1-4H2. The largest absolute Gasteiger partial charge is 0.294 e. The predicted molar refractivity (Wildman–Crippen MR) is 57.7 cm³/mol. The maximum Gasteiger partial charge on any atom is 0.166 e. The van der Waals surface area contributed by atoms with Crippen molar-refractivity contribution in [1.82, 2.24) is 0 Å². The van der Waals surface area contributed by atoms with Gasteiger partial charge in [0, 0.05) is 11.5 Å². The number of rotatable bonds is 2. The lowest BCUT2D eigenvalue weighted by Crippen LogP contribution is -2.11. The van der Waals surface area contributed by atoms with Crippen molar-refractivity contribution in [3.63, 3.8) is 0 Å². The van der Waals surface area contributed by atoms with Crippen LogP contribution in [0, 0.1) is 17.6 Å². The molecule has 0 amide bonds. The van der Waals surface area contributed by atoms with Gasteiger partial charge in [0.05, 0.1) is 0 Å². The van der Waals surface area contributed by atoms with Crippen molar-refractivity contribution in [2.75, 3.05) is 0 Å². The SMILES string of the molecule is O=C(c1cc(F)c(Cl)c(F)c1)C1CCCC1. The second-order valence-electron chi connectivity index (χ2n) is 4.10. The molecule has 1 aliphatic rings. The van der Waals surface area contributed by atoms with Gasteiger partial charge in [-0.2, -0.15) is 0 Å². The van der Waals surface area contributed by atoms with E-state index >= 15 is 0 Å². The summed E-state index contributed by atoms with van der Waals surface area (Å²) in [6.07, 6.45) is 3.64. The molecule has 0 spiro atoms. The molecule has 86 valence electrons. The van der Waals surface area contributed by atoms with Crippen LogP contribution in [0.25, 0.3) is 0 Å². The number of carbonyl (C=O) groups excluding carboxylic acids is 1. The highest BCUT2D eigenvalue weighted by atomic mass is 35.5. The summed E-state index contributed by atoms with van der Waals surface area (Å²) in [4.78, 5) is 11.9. The van der Waals surface area contributed by atoms with Crippen LogP contribution in [-0.4, -0.2) is 5.78 Å². The van der Waals surface area contributed by atoms with Crippen molar-refractivity contribution in [3.8, 4) is 0 Å². The van der Waals surface area contributed by atoms with Crippen LogP contribution in [-0.2, 0) is 0 Å². The lowest BCUT2D eigenvalue weighted by molar-refractivity contribution is 0.0922. The first-order valence-corrected chi connectivity index (χ1v) is 5.66. The third kappa shape index (κ3) is 2.09. The maximum absolute atomic E-state index is 13.2. The number of ketones is 1. The van der Waals surface area contributed by atoms with Crippen molar-refractivity contribution in [2.24, 2.45) is 5.92 Å². The summed E-state index contributed by atoms with van der Waals surface area (Å²) in [5.41, 5.74) is 0.0892. The van der Waals surface area contributed by atoms with Crippen LogP contribution in [0.15, 0.2) is 12.1 Å². The van der Waals surface area contributed by atoms with Gasteiger partial charge in [0.15, 0.2) is 5.78 Å². The number of carbonyl (C=O) groups is 1. The minimum Gasteiger partial charge on any atom is -0.294 e. The highest BCUT2D eigenvalue weighted by Crippen LogP contribution is 2.29. The van der Waals surface area contributed by atoms with Crippen molar-refractivity contribution < 1.29 is 13.6 Å². The predicted octanol–water partition coefficient (Wildman–Crippen LogP) is 3.99. The Morgan fingerprint density at radius 3 is 2.19 bits per heavy atom. The average molecular weight is 245 g/mol. The normalized spacial score (nSPS) is 16.7. The van der Waals surface area contributed by atoms with E-state index in [0.29, 0.717) is 0 Å². The molecule has 1 saturated carbocycles. The third-order valence-electron chi connectivity index (χ3n) is 2.99. The van der Waals surface area contributed by atoms with Gasteiger partial charge < -0.3 is 0 Å². The first-order chi connectivity index (χ1) is 7.59. The van der Waals surface area contributed by atoms with Crippen LogP contribution in [0.4, 0.5) is 8.78 Å². The Labute approximate surface area is 97.4 Å². The summed E-state index contributed by atoms with van der Waals surface area (Å²) in [6.45, 7) is 0. The highest BCUT2D eigenvalue weighted by molar-refractivity contribution is 6.31. The van der Waals surface area contributed by atoms with Crippen molar-refractivity contribution >= 4 is 17.4 Å². The Morgan fingerprint density at radius 2 is 1.69 bits per heavy atom. The summed E-state index contributed by atoms with van der Waals surface area (Å²) in [5.74, 6) is -2.00. The zero-order chi connectivity index (χ0) is 11.7. The van der Waals surface area contributed by atoms with Crippen LogP contribution >= 0.6 is 11.6 Å². The van der Waals surface area contributed by atoms with E-state index in [1.54, 1.807) is 0 Å². The molecule has 0 atom stereocenters. The van der Waals surface area contributed by atoms with Crippen LogP contribution in [0.3, 0.4) is 0 Å². The molecular weight excluding hydrogens is 234 g/mol. The molecule has 1 nitrogen and oxygen atoms in total. The minimum atomic E-state index is -0.872. The van der Waals surface area contributed by atoms with Crippen LogP contribution in [0.1, 0.15) is 36.0 Å². The molecule has 0 aromatic heterocycles. The van der Waals surface area contributed by atoms with Crippen LogP contribution < -0.4 is 0 Å². The molecule has 4 heteroatoms. The zero-order valence-electron chi connectivity index (χ0n) is 8.60. The van der Waals surface area contributed by atoms with E-state index < -0.39 is 16.7 Å². The fourth-order valence-corrected chi connectivity index (χ4v) is 2.23. The van der Waals surface area contributed by atoms with Gasteiger partial charge in [-0.05, 0) is 25.0 Å². The number of Topliss-reactive ketones (excluding diaryl/α,β-unsaturated/α-hetero) is 1. The summed E-state index contributed by atoms with van der Waals surface area (Å²) >= 11 is 5.35. The van der Waals surface area contributed by atoms with Crippen molar-refractivity contribution in [1.29, 1.82) is 0 Å². The third-order valence-corrected chi connectivity index (χ3v) is 3.36. The quantitative estimate of drug-likeness (QED) is 0.568. The Kier molecular flexibility index (Phi) is 3.24. The van der Waals surface area contributed by atoms with Gasteiger partial charge in [-0.15, -0.1) is 0 Å². The fourth-order valence-electron chi connectivity index (χ4n) is 2.12.